The van der Waals surface area contributed by atoms with Gasteiger partial charge in [-0.25, -0.2) is 0 Å². The van der Waals surface area contributed by atoms with Crippen LogP contribution in [0.4, 0.5) is 0 Å². The van der Waals surface area contributed by atoms with E-state index >= 15 is 0 Å². The van der Waals surface area contributed by atoms with E-state index in [2.05, 4.69) is 34.7 Å². The minimum absolute atomic E-state index is 0.0147. The van der Waals surface area contributed by atoms with Crippen LogP contribution >= 0.6 is 0 Å². The van der Waals surface area contributed by atoms with Crippen molar-refractivity contribution in [3.05, 3.63) is 71.8 Å². The first-order valence-corrected chi connectivity index (χ1v) is 8.38. The van der Waals surface area contributed by atoms with Crippen LogP contribution in [0.5, 0.6) is 0 Å². The summed E-state index contributed by atoms with van der Waals surface area (Å²) in [7, 11) is 1.60. The lowest BCUT2D eigenvalue weighted by Gasteiger charge is -2.17. The second-order valence-corrected chi connectivity index (χ2v) is 5.92. The van der Waals surface area contributed by atoms with E-state index in [9.17, 15) is 4.79 Å². The molecular formula is C20H22N2O3. The second-order valence-electron chi connectivity index (χ2n) is 5.92. The monoisotopic (exact) mass is 338 g/mol. The maximum Gasteiger partial charge on any atom is 0.264 e. The summed E-state index contributed by atoms with van der Waals surface area (Å²) in [6, 6.07) is 20.3. The molecular weight excluding hydrogens is 316 g/mol. The number of nitrogens with one attached hydrogen (secondary N) is 1. The van der Waals surface area contributed by atoms with Crippen molar-refractivity contribution in [2.24, 2.45) is 5.16 Å². The maximum atomic E-state index is 12.2. The SMILES string of the molecule is COCCNC(=O)[C@@H]1CC(C(c2ccccc2)c2ccccc2)=NO1. The van der Waals surface area contributed by atoms with E-state index in [1.165, 1.54) is 0 Å². The highest BCUT2D eigenvalue weighted by atomic mass is 16.6. The van der Waals surface area contributed by atoms with Gasteiger partial charge in [-0.1, -0.05) is 65.8 Å². The Morgan fingerprint density at radius 3 is 2.32 bits per heavy atom. The zero-order valence-electron chi connectivity index (χ0n) is 14.2. The van der Waals surface area contributed by atoms with Gasteiger partial charge in [0.05, 0.1) is 18.2 Å². The summed E-state index contributed by atoms with van der Waals surface area (Å²) in [6.45, 7) is 0.939. The van der Waals surface area contributed by atoms with Crippen molar-refractivity contribution in [2.45, 2.75) is 18.4 Å². The smallest absolute Gasteiger partial charge is 0.264 e. The quantitative estimate of drug-likeness (QED) is 0.790. The lowest BCUT2D eigenvalue weighted by molar-refractivity contribution is -0.131. The normalized spacial score (nSPS) is 16.4. The molecule has 25 heavy (non-hydrogen) atoms. The Hall–Kier alpha value is -2.66. The zero-order chi connectivity index (χ0) is 17.5. The Morgan fingerprint density at radius 2 is 1.76 bits per heavy atom. The van der Waals surface area contributed by atoms with Gasteiger partial charge in [0.2, 0.25) is 6.10 Å². The van der Waals surface area contributed by atoms with Crippen molar-refractivity contribution in [1.29, 1.82) is 0 Å². The molecule has 0 saturated heterocycles. The predicted octanol–water partition coefficient (Wildman–Crippen LogP) is 2.73. The first-order chi connectivity index (χ1) is 12.3. The molecule has 1 N–H and O–H groups in total. The fraction of sp³-hybridized carbons (Fsp3) is 0.300. The fourth-order valence-corrected chi connectivity index (χ4v) is 2.97. The van der Waals surface area contributed by atoms with Crippen LogP contribution in [0.1, 0.15) is 23.5 Å². The van der Waals surface area contributed by atoms with E-state index in [4.69, 9.17) is 9.57 Å². The number of benzene rings is 2. The van der Waals surface area contributed by atoms with Gasteiger partial charge in [-0.2, -0.15) is 0 Å². The number of carbonyl (C=O) groups excluding carboxylic acids is 1. The Bertz CT molecular complexity index is 677. The topological polar surface area (TPSA) is 59.9 Å². The largest absolute Gasteiger partial charge is 0.383 e. The average molecular weight is 338 g/mol. The lowest BCUT2D eigenvalue weighted by atomic mass is 9.85. The summed E-state index contributed by atoms with van der Waals surface area (Å²) < 4.78 is 4.95. The van der Waals surface area contributed by atoms with E-state index < -0.39 is 6.10 Å². The minimum atomic E-state index is -0.582. The molecule has 0 bridgehead atoms. The molecule has 0 fully saturated rings. The summed E-state index contributed by atoms with van der Waals surface area (Å²) in [5, 5.41) is 7.05. The molecule has 0 unspecified atom stereocenters. The predicted molar refractivity (Wildman–Crippen MR) is 96.5 cm³/mol. The average Bonchev–Trinajstić information content (AvgIpc) is 3.14. The number of amides is 1. The zero-order valence-corrected chi connectivity index (χ0v) is 14.2. The molecule has 0 aromatic heterocycles. The fourth-order valence-electron chi connectivity index (χ4n) is 2.97. The third-order valence-corrected chi connectivity index (χ3v) is 4.19. The van der Waals surface area contributed by atoms with Crippen LogP contribution in [0.15, 0.2) is 65.8 Å². The van der Waals surface area contributed by atoms with Crippen molar-refractivity contribution >= 4 is 11.6 Å². The molecule has 5 nitrogen and oxygen atoms in total. The molecule has 1 aliphatic rings. The van der Waals surface area contributed by atoms with Crippen LogP contribution < -0.4 is 5.32 Å². The lowest BCUT2D eigenvalue weighted by Crippen LogP contribution is -2.36. The summed E-state index contributed by atoms with van der Waals surface area (Å²) in [5.74, 6) is -0.171. The van der Waals surface area contributed by atoms with E-state index in [1.807, 2.05) is 36.4 Å². The van der Waals surface area contributed by atoms with E-state index in [1.54, 1.807) is 7.11 Å². The van der Waals surface area contributed by atoms with Gasteiger partial charge in [0.1, 0.15) is 0 Å². The molecule has 1 amide bonds. The maximum absolute atomic E-state index is 12.2. The number of oxime groups is 1. The third-order valence-electron chi connectivity index (χ3n) is 4.19. The molecule has 130 valence electrons. The van der Waals surface area contributed by atoms with Gasteiger partial charge in [0.25, 0.3) is 5.91 Å². The number of methoxy groups -OCH3 is 1. The number of carbonyl (C=O) groups is 1. The molecule has 1 aliphatic heterocycles. The second kappa shape index (κ2) is 8.44. The van der Waals surface area contributed by atoms with Gasteiger partial charge in [-0.3, -0.25) is 4.79 Å². The van der Waals surface area contributed by atoms with Crippen LogP contribution in [0.3, 0.4) is 0 Å². The molecule has 0 radical (unpaired) electrons. The van der Waals surface area contributed by atoms with Crippen molar-refractivity contribution < 1.29 is 14.4 Å². The summed E-state index contributed by atoms with van der Waals surface area (Å²) in [4.78, 5) is 17.6. The van der Waals surface area contributed by atoms with Crippen LogP contribution in [0, 0.1) is 0 Å². The van der Waals surface area contributed by atoms with Crippen LogP contribution in [-0.2, 0) is 14.4 Å². The molecule has 0 saturated carbocycles. The number of hydrogen-bond donors (Lipinski definition) is 1. The molecule has 1 atom stereocenters. The molecule has 1 heterocycles. The van der Waals surface area contributed by atoms with Gasteiger partial charge in [0, 0.05) is 20.1 Å². The molecule has 0 aliphatic carbocycles. The standard InChI is InChI=1S/C20H22N2O3/c1-24-13-12-21-20(23)18-14-17(22-25-18)19(15-8-4-2-5-9-15)16-10-6-3-7-11-16/h2-11,18-19H,12-14H2,1H3,(H,21,23)/t18-/m0/s1. The highest BCUT2D eigenvalue weighted by Gasteiger charge is 2.33. The number of nitrogens with zero attached hydrogens (tertiary/aromatic N) is 1. The summed E-state index contributed by atoms with van der Waals surface area (Å²) in [6.07, 6.45) is -0.102. The van der Waals surface area contributed by atoms with Gasteiger partial charge < -0.3 is 14.9 Å². The Kier molecular flexibility index (Phi) is 5.80. The van der Waals surface area contributed by atoms with E-state index in [0.717, 1.165) is 16.8 Å². The van der Waals surface area contributed by atoms with Crippen LogP contribution in [0.25, 0.3) is 0 Å². The first kappa shape index (κ1) is 17.2. The van der Waals surface area contributed by atoms with Crippen LogP contribution in [0.2, 0.25) is 0 Å². The van der Waals surface area contributed by atoms with Crippen molar-refractivity contribution in [2.75, 3.05) is 20.3 Å². The highest BCUT2D eigenvalue weighted by Crippen LogP contribution is 2.31. The summed E-state index contributed by atoms with van der Waals surface area (Å²) >= 11 is 0. The third kappa shape index (κ3) is 4.25. The Balaban J connectivity index is 1.76. The first-order valence-electron chi connectivity index (χ1n) is 8.38. The Morgan fingerprint density at radius 1 is 1.16 bits per heavy atom. The number of rotatable bonds is 7. The van der Waals surface area contributed by atoms with Gasteiger partial charge >= 0.3 is 0 Å². The molecule has 3 rings (SSSR count). The van der Waals surface area contributed by atoms with Gasteiger partial charge in [0.15, 0.2) is 0 Å². The van der Waals surface area contributed by atoms with Crippen molar-refractivity contribution in [3.63, 3.8) is 0 Å². The van der Waals surface area contributed by atoms with E-state index in [0.29, 0.717) is 19.6 Å². The minimum Gasteiger partial charge on any atom is -0.383 e. The highest BCUT2D eigenvalue weighted by molar-refractivity contribution is 5.98. The van der Waals surface area contributed by atoms with Gasteiger partial charge in [-0.05, 0) is 11.1 Å². The van der Waals surface area contributed by atoms with Crippen molar-refractivity contribution in [3.8, 4) is 0 Å². The van der Waals surface area contributed by atoms with Crippen LogP contribution in [-0.4, -0.2) is 38.0 Å². The number of ether oxygens (including phenoxy) is 1. The molecule has 0 spiro atoms. The summed E-state index contributed by atoms with van der Waals surface area (Å²) in [5.41, 5.74) is 3.14. The molecule has 2 aromatic carbocycles. The van der Waals surface area contributed by atoms with E-state index in [-0.39, 0.29) is 11.8 Å². The van der Waals surface area contributed by atoms with Crippen molar-refractivity contribution in [1.82, 2.24) is 5.32 Å². The molecule has 5 heteroatoms. The number of hydrogen-bond acceptors (Lipinski definition) is 4. The Labute approximate surface area is 147 Å². The van der Waals surface area contributed by atoms with Gasteiger partial charge in [-0.15, -0.1) is 0 Å². The molecule has 2 aromatic rings.